The highest BCUT2D eigenvalue weighted by Crippen LogP contribution is 2.46. The molecule has 7 heteroatoms. The number of fused-ring (bicyclic) bond motifs is 1. The van der Waals surface area contributed by atoms with E-state index in [4.69, 9.17) is 5.11 Å². The van der Waals surface area contributed by atoms with Crippen LogP contribution in [0.5, 0.6) is 0 Å². The molecule has 1 aliphatic rings. The Balaban J connectivity index is 1.76. The Morgan fingerprint density at radius 1 is 1.03 bits per heavy atom. The smallest absolute Gasteiger partial charge is 0.328 e. The number of aromatic nitrogens is 2. The van der Waals surface area contributed by atoms with Gasteiger partial charge in [-0.15, -0.1) is 5.10 Å². The fourth-order valence-electron chi connectivity index (χ4n) is 4.67. The van der Waals surface area contributed by atoms with Crippen molar-refractivity contribution in [3.05, 3.63) is 106 Å². The van der Waals surface area contributed by atoms with Crippen molar-refractivity contribution in [1.29, 1.82) is 0 Å². The topological polar surface area (TPSA) is 86.2 Å². The lowest BCUT2D eigenvalue weighted by Crippen LogP contribution is -2.16. The number of nitrogens with one attached hydrogen (secondary N) is 1. The number of aliphatic hydroxyl groups is 1. The van der Waals surface area contributed by atoms with Crippen molar-refractivity contribution in [3.63, 3.8) is 0 Å². The molecule has 182 valence electrons. The molecule has 0 aliphatic heterocycles. The van der Waals surface area contributed by atoms with E-state index in [9.17, 15) is 14.3 Å². The van der Waals surface area contributed by atoms with Gasteiger partial charge < -0.3 is 10.2 Å². The third kappa shape index (κ3) is 4.57. The minimum Gasteiger partial charge on any atom is -0.478 e. The molecule has 0 unspecified atom stereocenters. The molecule has 0 radical (unpaired) electrons. The lowest BCUT2D eigenvalue weighted by atomic mass is 9.72. The zero-order valence-electron chi connectivity index (χ0n) is 19.3. The third-order valence-corrected chi connectivity index (χ3v) is 6.71. The Morgan fingerprint density at radius 3 is 2.42 bits per heavy atom. The molecule has 0 amide bonds. The number of hydrogen-bond acceptors (Lipinski definition) is 3. The van der Waals surface area contributed by atoms with Crippen LogP contribution < -0.4 is 0 Å². The second-order valence-electron chi connectivity index (χ2n) is 8.96. The molecule has 1 aromatic heterocycles. The van der Waals surface area contributed by atoms with Crippen LogP contribution in [0.1, 0.15) is 47.1 Å². The van der Waals surface area contributed by atoms with E-state index in [2.05, 4.69) is 10.2 Å². The average molecular weight is 487 g/mol. The van der Waals surface area contributed by atoms with Crippen LogP contribution in [0.2, 0.25) is 0 Å². The van der Waals surface area contributed by atoms with E-state index in [0.717, 1.165) is 47.6 Å². The molecule has 3 N–H and O–H groups in total. The fourth-order valence-corrected chi connectivity index (χ4v) is 4.67. The zero-order valence-corrected chi connectivity index (χ0v) is 19.3. The number of aromatic amines is 1. The van der Waals surface area contributed by atoms with Crippen molar-refractivity contribution in [1.82, 2.24) is 10.2 Å². The van der Waals surface area contributed by atoms with Gasteiger partial charge >= 0.3 is 5.97 Å². The second kappa shape index (κ2) is 9.87. The number of aliphatic hydroxyl groups excluding tert-OH is 1. The molecule has 3 aromatic carbocycles. The van der Waals surface area contributed by atoms with Crippen molar-refractivity contribution in [2.24, 2.45) is 5.92 Å². The largest absolute Gasteiger partial charge is 0.478 e. The molecular formula is C29H24F2N2O3. The van der Waals surface area contributed by atoms with Crippen molar-refractivity contribution in [2.45, 2.75) is 25.9 Å². The third-order valence-electron chi connectivity index (χ3n) is 6.71. The molecule has 0 spiro atoms. The number of hydrogen-bond donors (Lipinski definition) is 3. The van der Waals surface area contributed by atoms with Gasteiger partial charge in [0.15, 0.2) is 0 Å². The van der Waals surface area contributed by atoms with Crippen LogP contribution in [0.25, 0.3) is 28.1 Å². The van der Waals surface area contributed by atoms with Gasteiger partial charge in [-0.1, -0.05) is 48.9 Å². The zero-order chi connectivity index (χ0) is 25.2. The van der Waals surface area contributed by atoms with Gasteiger partial charge in [0, 0.05) is 11.6 Å². The van der Waals surface area contributed by atoms with E-state index < -0.39 is 17.7 Å². The predicted molar refractivity (Wildman–Crippen MR) is 135 cm³/mol. The van der Waals surface area contributed by atoms with Gasteiger partial charge in [0.05, 0.1) is 17.5 Å². The van der Waals surface area contributed by atoms with Crippen LogP contribution in [0.4, 0.5) is 8.78 Å². The fraction of sp³-hybridized carbons (Fsp3) is 0.172. The van der Waals surface area contributed by atoms with Gasteiger partial charge in [0.25, 0.3) is 0 Å². The number of halogens is 2. The summed E-state index contributed by atoms with van der Waals surface area (Å²) in [5, 5.41) is 25.1. The van der Waals surface area contributed by atoms with Crippen LogP contribution in [0.3, 0.4) is 0 Å². The van der Waals surface area contributed by atoms with E-state index in [1.54, 1.807) is 36.4 Å². The molecule has 1 fully saturated rings. The molecular weight excluding hydrogens is 462 g/mol. The van der Waals surface area contributed by atoms with Crippen LogP contribution in [0, 0.1) is 17.7 Å². The summed E-state index contributed by atoms with van der Waals surface area (Å²) in [7, 11) is 0. The summed E-state index contributed by atoms with van der Waals surface area (Å²) in [4.78, 5) is 10.9. The van der Waals surface area contributed by atoms with E-state index in [1.807, 2.05) is 18.2 Å². The van der Waals surface area contributed by atoms with Gasteiger partial charge in [-0.25, -0.2) is 9.18 Å². The van der Waals surface area contributed by atoms with Crippen LogP contribution in [0.15, 0.2) is 66.7 Å². The van der Waals surface area contributed by atoms with Crippen molar-refractivity contribution >= 4 is 34.1 Å². The van der Waals surface area contributed by atoms with Crippen molar-refractivity contribution < 1.29 is 23.8 Å². The minimum atomic E-state index is -1.04. The monoisotopic (exact) mass is 486 g/mol. The summed E-state index contributed by atoms with van der Waals surface area (Å²) in [5.74, 6) is -1.95. The molecule has 1 saturated carbocycles. The molecule has 0 saturated heterocycles. The van der Waals surface area contributed by atoms with E-state index >= 15 is 4.39 Å². The number of rotatable bonds is 7. The normalized spacial score (nSPS) is 14.8. The quantitative estimate of drug-likeness (QED) is 0.215. The number of H-pyrrole nitrogens is 1. The highest BCUT2D eigenvalue weighted by Gasteiger charge is 2.29. The standard InChI is InChI=1S/C29H24F2N2O3/c30-24-14-18(16-34)6-11-22(24)28(19-2-1-3-19)27(20-8-4-17(5-9-20)7-13-26(35)36)21-10-12-25-23(15-21)29(31)33-32-25/h4-15,19,34H,1-3,16H2,(H,32,33)(H,35,36)/b13-7+,28-27+. The number of carboxylic acids is 1. The lowest BCUT2D eigenvalue weighted by molar-refractivity contribution is -0.131. The molecule has 36 heavy (non-hydrogen) atoms. The molecule has 1 heterocycles. The highest BCUT2D eigenvalue weighted by atomic mass is 19.1. The molecule has 5 rings (SSSR count). The Bertz CT molecular complexity index is 1500. The minimum absolute atomic E-state index is 0.117. The predicted octanol–water partition coefficient (Wildman–Crippen LogP) is 6.19. The van der Waals surface area contributed by atoms with E-state index in [-0.39, 0.29) is 12.5 Å². The van der Waals surface area contributed by atoms with Crippen molar-refractivity contribution in [2.75, 3.05) is 0 Å². The maximum absolute atomic E-state index is 15.4. The molecule has 5 nitrogen and oxygen atoms in total. The van der Waals surface area contributed by atoms with Crippen LogP contribution in [-0.2, 0) is 11.4 Å². The number of carbonyl (C=O) groups is 1. The van der Waals surface area contributed by atoms with E-state index in [1.165, 1.54) is 12.1 Å². The number of nitrogens with zero attached hydrogens (tertiary/aromatic N) is 1. The number of aliphatic carboxylic acids is 1. The number of allylic oxidation sites excluding steroid dienone is 1. The number of benzene rings is 3. The Labute approximate surface area is 206 Å². The van der Waals surface area contributed by atoms with Gasteiger partial charge in [0.1, 0.15) is 5.82 Å². The molecule has 0 bridgehead atoms. The summed E-state index contributed by atoms with van der Waals surface area (Å²) < 4.78 is 29.8. The molecule has 1 aliphatic carbocycles. The summed E-state index contributed by atoms with van der Waals surface area (Å²) in [6.07, 6.45) is 5.41. The maximum Gasteiger partial charge on any atom is 0.328 e. The van der Waals surface area contributed by atoms with Gasteiger partial charge in [0.2, 0.25) is 5.95 Å². The Morgan fingerprint density at radius 2 is 1.78 bits per heavy atom. The molecule has 0 atom stereocenters. The summed E-state index contributed by atoms with van der Waals surface area (Å²) in [6, 6.07) is 17.5. The first-order valence-corrected chi connectivity index (χ1v) is 11.7. The van der Waals surface area contributed by atoms with Crippen LogP contribution >= 0.6 is 0 Å². The lowest BCUT2D eigenvalue weighted by Gasteiger charge is -2.32. The Hall–Kier alpha value is -4.10. The van der Waals surface area contributed by atoms with Gasteiger partial charge in [-0.2, -0.15) is 4.39 Å². The summed E-state index contributed by atoms with van der Waals surface area (Å²) in [5.41, 5.74) is 5.36. The Kier molecular flexibility index (Phi) is 6.48. The van der Waals surface area contributed by atoms with Gasteiger partial charge in [-0.3, -0.25) is 5.10 Å². The number of carboxylic acid groups (broad SMARTS) is 1. The van der Waals surface area contributed by atoms with Crippen molar-refractivity contribution in [3.8, 4) is 0 Å². The first kappa shape index (κ1) is 23.6. The first-order valence-electron chi connectivity index (χ1n) is 11.7. The highest BCUT2D eigenvalue weighted by molar-refractivity contribution is 6.01. The first-order chi connectivity index (χ1) is 17.4. The SMILES string of the molecule is O=C(O)/C=C/c1ccc(/C(=C(\c2ccc(CO)cc2F)C2CCC2)c2ccc3[nH]nc(F)c3c2)cc1. The van der Waals surface area contributed by atoms with Crippen LogP contribution in [-0.4, -0.2) is 26.4 Å². The summed E-state index contributed by atoms with van der Waals surface area (Å²) >= 11 is 0. The maximum atomic E-state index is 15.4. The van der Waals surface area contributed by atoms with Gasteiger partial charge in [-0.05, 0) is 76.4 Å². The average Bonchev–Trinajstić information content (AvgIpc) is 3.22. The molecule has 4 aromatic rings. The summed E-state index contributed by atoms with van der Waals surface area (Å²) in [6.45, 7) is -0.256. The van der Waals surface area contributed by atoms with E-state index in [0.29, 0.717) is 27.6 Å². The second-order valence-corrected chi connectivity index (χ2v) is 8.96.